The molecule has 2 heterocycles. The number of phenols is 1. The van der Waals surface area contributed by atoms with Crippen LogP contribution in [0.15, 0.2) is 41.2 Å². The number of aromatic hydroxyl groups is 1. The standard InChI is InChI=1S/C22H23NO6S/c1-21(2)28-11-22(12-29-21,23-20(26)27)8-7-13-3-5-15-18(9-13)30-17-6-4-14(24)10-16(17)19(15)25/h3-6,9-10,23-24H,7-8,11-12H2,1-2H3,(H,26,27). The summed E-state index contributed by atoms with van der Waals surface area (Å²) in [5.74, 6) is -0.673. The number of aryl methyl sites for hydroxylation is 1. The fourth-order valence-electron chi connectivity index (χ4n) is 3.64. The van der Waals surface area contributed by atoms with Gasteiger partial charge in [-0.3, -0.25) is 4.79 Å². The van der Waals surface area contributed by atoms with Crippen LogP contribution in [0.5, 0.6) is 5.75 Å². The third-order valence-electron chi connectivity index (χ3n) is 5.37. The van der Waals surface area contributed by atoms with Gasteiger partial charge in [-0.15, -0.1) is 11.3 Å². The summed E-state index contributed by atoms with van der Waals surface area (Å²) in [4.78, 5) is 24.1. The molecule has 0 atom stereocenters. The average Bonchev–Trinajstić information content (AvgIpc) is 2.69. The summed E-state index contributed by atoms with van der Waals surface area (Å²) in [5.41, 5.74) is 0.0545. The fraction of sp³-hybridized carbons (Fsp3) is 0.364. The summed E-state index contributed by atoms with van der Waals surface area (Å²) in [6, 6.07) is 10.5. The van der Waals surface area contributed by atoms with Gasteiger partial charge in [0.25, 0.3) is 0 Å². The molecule has 4 rings (SSSR count). The van der Waals surface area contributed by atoms with Crippen molar-refractivity contribution in [3.05, 3.63) is 52.2 Å². The zero-order valence-corrected chi connectivity index (χ0v) is 17.5. The van der Waals surface area contributed by atoms with Crippen LogP contribution in [-0.2, 0) is 15.9 Å². The van der Waals surface area contributed by atoms with E-state index in [-0.39, 0.29) is 24.4 Å². The van der Waals surface area contributed by atoms with E-state index in [1.807, 2.05) is 12.1 Å². The maximum atomic E-state index is 12.8. The molecule has 1 aliphatic heterocycles. The number of ether oxygens (including phenoxy) is 2. The van der Waals surface area contributed by atoms with Crippen molar-refractivity contribution in [2.75, 3.05) is 13.2 Å². The molecule has 0 saturated carbocycles. The lowest BCUT2D eigenvalue weighted by atomic mass is 9.91. The molecule has 0 unspecified atom stereocenters. The molecule has 2 aromatic carbocycles. The Balaban J connectivity index is 1.61. The van der Waals surface area contributed by atoms with E-state index in [0.29, 0.717) is 23.6 Å². The predicted octanol–water partition coefficient (Wildman–Crippen LogP) is 3.84. The van der Waals surface area contributed by atoms with Crippen molar-refractivity contribution in [1.29, 1.82) is 0 Å². The van der Waals surface area contributed by atoms with Crippen molar-refractivity contribution in [2.24, 2.45) is 0 Å². The summed E-state index contributed by atoms with van der Waals surface area (Å²) in [5, 5.41) is 22.6. The minimum absolute atomic E-state index is 0.0686. The molecule has 1 fully saturated rings. The van der Waals surface area contributed by atoms with Gasteiger partial charge in [-0.1, -0.05) is 6.07 Å². The first-order chi connectivity index (χ1) is 14.2. The van der Waals surface area contributed by atoms with Gasteiger partial charge in [0, 0.05) is 20.2 Å². The number of hydrogen-bond donors (Lipinski definition) is 3. The molecular formula is C22H23NO6S. The topological polar surface area (TPSA) is 105 Å². The summed E-state index contributed by atoms with van der Waals surface area (Å²) in [6.45, 7) is 4.04. The monoisotopic (exact) mass is 429 g/mol. The van der Waals surface area contributed by atoms with Crippen LogP contribution in [0.2, 0.25) is 0 Å². The number of phenolic OH excluding ortho intramolecular Hbond substituents is 1. The van der Waals surface area contributed by atoms with E-state index in [1.54, 1.807) is 32.0 Å². The SMILES string of the molecule is CC1(C)OCC(CCc2ccc3c(=O)c4cc(O)ccc4sc3c2)(NC(=O)O)CO1. The van der Waals surface area contributed by atoms with Crippen molar-refractivity contribution in [2.45, 2.75) is 38.0 Å². The first-order valence-electron chi connectivity index (χ1n) is 9.64. The van der Waals surface area contributed by atoms with Crippen LogP contribution in [0, 0.1) is 0 Å². The third-order valence-corrected chi connectivity index (χ3v) is 6.51. The second-order valence-electron chi connectivity index (χ2n) is 8.13. The van der Waals surface area contributed by atoms with Crippen LogP contribution < -0.4 is 10.7 Å². The number of fused-ring (bicyclic) bond motifs is 2. The first-order valence-corrected chi connectivity index (χ1v) is 10.5. The van der Waals surface area contributed by atoms with E-state index >= 15 is 0 Å². The van der Waals surface area contributed by atoms with Crippen LogP contribution in [0.4, 0.5) is 4.79 Å². The predicted molar refractivity (Wildman–Crippen MR) is 115 cm³/mol. The van der Waals surface area contributed by atoms with Gasteiger partial charge in [0.15, 0.2) is 11.2 Å². The maximum Gasteiger partial charge on any atom is 0.405 e. The zero-order valence-electron chi connectivity index (χ0n) is 16.7. The van der Waals surface area contributed by atoms with E-state index in [4.69, 9.17) is 9.47 Å². The normalized spacial score (nSPS) is 17.8. The molecule has 158 valence electrons. The number of hydrogen-bond acceptors (Lipinski definition) is 6. The van der Waals surface area contributed by atoms with Crippen LogP contribution in [-0.4, -0.2) is 40.8 Å². The molecule has 30 heavy (non-hydrogen) atoms. The van der Waals surface area contributed by atoms with E-state index in [2.05, 4.69) is 5.32 Å². The van der Waals surface area contributed by atoms with Gasteiger partial charge in [0.1, 0.15) is 5.75 Å². The Hall–Kier alpha value is -2.68. The second kappa shape index (κ2) is 7.54. The summed E-state index contributed by atoms with van der Waals surface area (Å²) in [6.07, 6.45) is -0.0249. The highest BCUT2D eigenvalue weighted by molar-refractivity contribution is 7.24. The molecule has 0 bridgehead atoms. The van der Waals surface area contributed by atoms with Gasteiger partial charge in [-0.2, -0.15) is 0 Å². The van der Waals surface area contributed by atoms with Crippen LogP contribution in [0.25, 0.3) is 20.2 Å². The van der Waals surface area contributed by atoms with Crippen molar-refractivity contribution >= 4 is 37.6 Å². The third kappa shape index (κ3) is 4.12. The van der Waals surface area contributed by atoms with Crippen molar-refractivity contribution in [3.8, 4) is 5.75 Å². The molecule has 8 heteroatoms. The highest BCUT2D eigenvalue weighted by Gasteiger charge is 2.41. The lowest BCUT2D eigenvalue weighted by Crippen LogP contribution is -2.61. The minimum atomic E-state index is -1.12. The number of carbonyl (C=O) groups is 1. The smallest absolute Gasteiger partial charge is 0.405 e. The first kappa shape index (κ1) is 20.6. The van der Waals surface area contributed by atoms with E-state index in [0.717, 1.165) is 15.0 Å². The Morgan fingerprint density at radius 2 is 1.83 bits per heavy atom. The number of nitrogens with one attached hydrogen (secondary N) is 1. The van der Waals surface area contributed by atoms with Crippen molar-refractivity contribution < 1.29 is 24.5 Å². The van der Waals surface area contributed by atoms with Crippen LogP contribution in [0.1, 0.15) is 25.8 Å². The Labute approximate surface area is 176 Å². The lowest BCUT2D eigenvalue weighted by molar-refractivity contribution is -0.271. The van der Waals surface area contributed by atoms with Gasteiger partial charge in [0.2, 0.25) is 0 Å². The largest absolute Gasteiger partial charge is 0.508 e. The van der Waals surface area contributed by atoms with E-state index in [1.165, 1.54) is 17.4 Å². The molecule has 7 nitrogen and oxygen atoms in total. The van der Waals surface area contributed by atoms with Gasteiger partial charge >= 0.3 is 6.09 Å². The molecule has 0 spiro atoms. The minimum Gasteiger partial charge on any atom is -0.508 e. The molecular weight excluding hydrogens is 406 g/mol. The molecule has 3 N–H and O–H groups in total. The van der Waals surface area contributed by atoms with Crippen molar-refractivity contribution in [1.82, 2.24) is 5.32 Å². The van der Waals surface area contributed by atoms with Crippen molar-refractivity contribution in [3.63, 3.8) is 0 Å². The van der Waals surface area contributed by atoms with E-state index in [9.17, 15) is 19.8 Å². The molecule has 3 aromatic rings. The second-order valence-corrected chi connectivity index (χ2v) is 9.21. The van der Waals surface area contributed by atoms with Gasteiger partial charge in [0.05, 0.1) is 18.8 Å². The number of carboxylic acid groups (broad SMARTS) is 1. The molecule has 1 aliphatic rings. The quantitative estimate of drug-likeness (QED) is 0.544. The van der Waals surface area contributed by atoms with Gasteiger partial charge < -0.3 is 25.0 Å². The molecule has 1 amide bonds. The van der Waals surface area contributed by atoms with Crippen LogP contribution in [0.3, 0.4) is 0 Å². The summed E-state index contributed by atoms with van der Waals surface area (Å²) < 4.78 is 13.1. The molecule has 0 radical (unpaired) electrons. The molecule has 1 aromatic heterocycles. The highest BCUT2D eigenvalue weighted by Crippen LogP contribution is 2.30. The lowest BCUT2D eigenvalue weighted by Gasteiger charge is -2.43. The highest BCUT2D eigenvalue weighted by atomic mass is 32.1. The zero-order chi connectivity index (χ0) is 21.5. The Kier molecular flexibility index (Phi) is 5.17. The number of benzene rings is 2. The van der Waals surface area contributed by atoms with Gasteiger partial charge in [-0.25, -0.2) is 4.79 Å². The fourth-order valence-corrected chi connectivity index (χ4v) is 4.75. The average molecular weight is 429 g/mol. The van der Waals surface area contributed by atoms with Crippen LogP contribution >= 0.6 is 11.3 Å². The number of amides is 1. The molecule has 1 saturated heterocycles. The van der Waals surface area contributed by atoms with Gasteiger partial charge in [-0.05, 0) is 62.6 Å². The Morgan fingerprint density at radius 1 is 1.10 bits per heavy atom. The molecule has 0 aliphatic carbocycles. The Bertz CT molecular complexity index is 1180. The summed E-state index contributed by atoms with van der Waals surface area (Å²) in [7, 11) is 0. The number of rotatable bonds is 4. The Morgan fingerprint density at radius 3 is 2.53 bits per heavy atom. The van der Waals surface area contributed by atoms with E-state index < -0.39 is 17.4 Å². The summed E-state index contributed by atoms with van der Waals surface area (Å²) >= 11 is 1.49. The maximum absolute atomic E-state index is 12.8.